The number of nitrogens with one attached hydrogen (secondary N) is 2. The number of carbonyl (C=O) groups excluding carboxylic acids is 1. The highest BCUT2D eigenvalue weighted by atomic mass is 16.5. The van der Waals surface area contributed by atoms with Gasteiger partial charge in [0.05, 0.1) is 18.4 Å². The van der Waals surface area contributed by atoms with Crippen LogP contribution in [0.5, 0.6) is 17.4 Å². The van der Waals surface area contributed by atoms with Gasteiger partial charge in [0.1, 0.15) is 5.75 Å². The smallest absolute Gasteiger partial charge is 0.262 e. The zero-order valence-electron chi connectivity index (χ0n) is 18.1. The molecule has 3 aromatic rings. The molecule has 0 aromatic carbocycles. The third-order valence-corrected chi connectivity index (χ3v) is 5.04. The highest BCUT2D eigenvalue weighted by molar-refractivity contribution is 5.93. The minimum Gasteiger partial charge on any atom is -0.488 e. The summed E-state index contributed by atoms with van der Waals surface area (Å²) in [6, 6.07) is 5.45. The van der Waals surface area contributed by atoms with Gasteiger partial charge in [-0.25, -0.2) is 15.0 Å². The molecular weight excluding hydrogens is 408 g/mol. The second kappa shape index (κ2) is 10.1. The van der Waals surface area contributed by atoms with Crippen LogP contribution in [0.2, 0.25) is 0 Å². The van der Waals surface area contributed by atoms with E-state index in [1.54, 1.807) is 36.8 Å². The van der Waals surface area contributed by atoms with Crippen LogP contribution in [0.4, 0.5) is 0 Å². The summed E-state index contributed by atoms with van der Waals surface area (Å²) in [4.78, 5) is 29.7. The van der Waals surface area contributed by atoms with Crippen LogP contribution in [0.15, 0.2) is 49.2 Å². The Labute approximate surface area is 186 Å². The second-order valence-corrected chi connectivity index (χ2v) is 7.72. The summed E-state index contributed by atoms with van der Waals surface area (Å²) in [6.45, 7) is 6.32. The number of nitrogens with zero attached hydrogens (tertiary/aromatic N) is 4. The molecule has 1 aliphatic heterocycles. The lowest BCUT2D eigenvalue weighted by Gasteiger charge is -2.28. The highest BCUT2D eigenvalue weighted by Gasteiger charge is 2.21. The first-order valence-corrected chi connectivity index (χ1v) is 10.7. The summed E-state index contributed by atoms with van der Waals surface area (Å²) in [5, 5.41) is 6.37. The summed E-state index contributed by atoms with van der Waals surface area (Å²) < 4.78 is 11.4. The monoisotopic (exact) mass is 434 g/mol. The predicted molar refractivity (Wildman–Crippen MR) is 119 cm³/mol. The van der Waals surface area contributed by atoms with Gasteiger partial charge in [-0.3, -0.25) is 9.78 Å². The molecule has 0 bridgehead atoms. The van der Waals surface area contributed by atoms with E-state index in [-0.39, 0.29) is 11.9 Å². The van der Waals surface area contributed by atoms with Gasteiger partial charge in [-0.15, -0.1) is 0 Å². The maximum Gasteiger partial charge on any atom is 0.262 e. The number of amides is 1. The lowest BCUT2D eigenvalue weighted by Crippen LogP contribution is -2.48. The first-order valence-electron chi connectivity index (χ1n) is 10.7. The van der Waals surface area contributed by atoms with Gasteiger partial charge in [-0.05, 0) is 44.0 Å². The summed E-state index contributed by atoms with van der Waals surface area (Å²) in [6.07, 6.45) is 8.85. The van der Waals surface area contributed by atoms with Crippen LogP contribution in [-0.4, -0.2) is 51.6 Å². The molecule has 9 heteroatoms. The molecule has 4 heterocycles. The van der Waals surface area contributed by atoms with E-state index in [1.165, 1.54) is 12.4 Å². The minimum absolute atomic E-state index is 0.108. The Bertz CT molecular complexity index is 1060. The first-order chi connectivity index (χ1) is 15.6. The molecule has 32 heavy (non-hydrogen) atoms. The average molecular weight is 435 g/mol. The SMILES string of the molecule is CCOc1cccnc1Oc1cncc(-c2ncc(C(=O)N[C@@H]3CNC[C@@H](C)C3)cn2)c1. The fourth-order valence-corrected chi connectivity index (χ4v) is 3.56. The summed E-state index contributed by atoms with van der Waals surface area (Å²) in [5.74, 6) is 2.18. The van der Waals surface area contributed by atoms with E-state index in [1.807, 2.05) is 6.92 Å². The van der Waals surface area contributed by atoms with E-state index in [4.69, 9.17) is 9.47 Å². The van der Waals surface area contributed by atoms with Crippen LogP contribution >= 0.6 is 0 Å². The highest BCUT2D eigenvalue weighted by Crippen LogP contribution is 2.30. The number of hydrogen-bond acceptors (Lipinski definition) is 8. The zero-order valence-corrected chi connectivity index (χ0v) is 18.1. The van der Waals surface area contributed by atoms with Crippen molar-refractivity contribution in [3.8, 4) is 28.8 Å². The van der Waals surface area contributed by atoms with Crippen molar-refractivity contribution in [2.45, 2.75) is 26.3 Å². The summed E-state index contributed by atoms with van der Waals surface area (Å²) in [7, 11) is 0. The van der Waals surface area contributed by atoms with Gasteiger partial charge < -0.3 is 20.1 Å². The molecule has 3 aromatic heterocycles. The van der Waals surface area contributed by atoms with Gasteiger partial charge in [0.15, 0.2) is 11.6 Å². The van der Waals surface area contributed by atoms with Crippen molar-refractivity contribution in [2.24, 2.45) is 5.92 Å². The van der Waals surface area contributed by atoms with E-state index < -0.39 is 0 Å². The van der Waals surface area contributed by atoms with Crippen LogP contribution in [0.1, 0.15) is 30.6 Å². The Balaban J connectivity index is 1.45. The van der Waals surface area contributed by atoms with Gasteiger partial charge in [-0.1, -0.05) is 6.92 Å². The standard InChI is InChI=1S/C23H26N6O3/c1-3-31-20-5-4-6-26-23(20)32-19-8-16(10-25-14-19)21-27-11-17(12-28-21)22(30)29-18-7-15(2)9-24-13-18/h4-6,8,10-12,14-15,18,24H,3,7,9,13H2,1-2H3,(H,29,30)/t15-,18-/m0/s1. The number of carbonyl (C=O) groups is 1. The van der Waals surface area contributed by atoms with Gasteiger partial charge in [-0.2, -0.15) is 0 Å². The molecule has 4 rings (SSSR count). The van der Waals surface area contributed by atoms with Crippen LogP contribution in [0.25, 0.3) is 11.4 Å². The van der Waals surface area contributed by atoms with Crippen molar-refractivity contribution in [2.75, 3.05) is 19.7 Å². The topological polar surface area (TPSA) is 111 Å². The first kappa shape index (κ1) is 21.6. The fourth-order valence-electron chi connectivity index (χ4n) is 3.56. The maximum absolute atomic E-state index is 12.5. The number of aromatic nitrogens is 4. The zero-order chi connectivity index (χ0) is 22.3. The normalized spacial score (nSPS) is 18.1. The molecule has 1 aliphatic rings. The van der Waals surface area contributed by atoms with E-state index in [0.29, 0.717) is 46.9 Å². The number of pyridine rings is 2. The van der Waals surface area contributed by atoms with E-state index in [0.717, 1.165) is 19.5 Å². The Morgan fingerprint density at radius 3 is 2.81 bits per heavy atom. The molecule has 0 aliphatic carbocycles. The van der Waals surface area contributed by atoms with Crippen LogP contribution in [-0.2, 0) is 0 Å². The van der Waals surface area contributed by atoms with Crippen molar-refractivity contribution in [3.63, 3.8) is 0 Å². The number of hydrogen-bond donors (Lipinski definition) is 2. The van der Waals surface area contributed by atoms with Crippen molar-refractivity contribution in [3.05, 3.63) is 54.7 Å². The Morgan fingerprint density at radius 1 is 1.19 bits per heavy atom. The molecule has 1 saturated heterocycles. The van der Waals surface area contributed by atoms with E-state index >= 15 is 0 Å². The van der Waals surface area contributed by atoms with Crippen molar-refractivity contribution < 1.29 is 14.3 Å². The van der Waals surface area contributed by atoms with Crippen molar-refractivity contribution in [1.29, 1.82) is 0 Å². The van der Waals surface area contributed by atoms with Crippen molar-refractivity contribution >= 4 is 5.91 Å². The largest absolute Gasteiger partial charge is 0.488 e. The third kappa shape index (κ3) is 5.36. The molecule has 2 N–H and O–H groups in total. The predicted octanol–water partition coefficient (Wildman–Crippen LogP) is 2.85. The molecule has 1 amide bonds. The molecule has 2 atom stereocenters. The fraction of sp³-hybridized carbons (Fsp3) is 0.348. The van der Waals surface area contributed by atoms with Gasteiger partial charge in [0.25, 0.3) is 11.8 Å². The Kier molecular flexibility index (Phi) is 6.86. The molecule has 0 spiro atoms. The van der Waals surface area contributed by atoms with Crippen LogP contribution in [0, 0.1) is 5.92 Å². The lowest BCUT2D eigenvalue weighted by atomic mass is 9.97. The molecule has 1 fully saturated rings. The molecule has 0 radical (unpaired) electrons. The summed E-state index contributed by atoms with van der Waals surface area (Å²) in [5.41, 5.74) is 1.08. The van der Waals surface area contributed by atoms with Crippen LogP contribution < -0.4 is 20.1 Å². The van der Waals surface area contributed by atoms with E-state index in [2.05, 4.69) is 37.5 Å². The summed E-state index contributed by atoms with van der Waals surface area (Å²) >= 11 is 0. The van der Waals surface area contributed by atoms with Gasteiger partial charge >= 0.3 is 0 Å². The second-order valence-electron chi connectivity index (χ2n) is 7.72. The molecule has 166 valence electrons. The maximum atomic E-state index is 12.5. The molecule has 0 saturated carbocycles. The minimum atomic E-state index is -0.175. The van der Waals surface area contributed by atoms with Gasteiger partial charge in [0.2, 0.25) is 0 Å². The van der Waals surface area contributed by atoms with Gasteiger partial charge in [0, 0.05) is 42.9 Å². The van der Waals surface area contributed by atoms with Crippen LogP contribution in [0.3, 0.4) is 0 Å². The average Bonchev–Trinajstić information content (AvgIpc) is 2.81. The molecule has 0 unspecified atom stereocenters. The van der Waals surface area contributed by atoms with E-state index in [9.17, 15) is 4.79 Å². The third-order valence-electron chi connectivity index (χ3n) is 5.04. The molecule has 9 nitrogen and oxygen atoms in total. The lowest BCUT2D eigenvalue weighted by molar-refractivity contribution is 0.0924. The number of piperidine rings is 1. The quantitative estimate of drug-likeness (QED) is 0.584. The number of rotatable bonds is 7. The Hall–Kier alpha value is -3.59. The molecular formula is C23H26N6O3. The van der Waals surface area contributed by atoms with Crippen molar-refractivity contribution in [1.82, 2.24) is 30.6 Å². The number of ether oxygens (including phenoxy) is 2. The Morgan fingerprint density at radius 2 is 2.03 bits per heavy atom.